The van der Waals surface area contributed by atoms with Crippen molar-refractivity contribution < 1.29 is 13.5 Å². The van der Waals surface area contributed by atoms with Gasteiger partial charge >= 0.3 is 0 Å². The number of hydrogen-bond donors (Lipinski definition) is 1. The van der Waals surface area contributed by atoms with E-state index in [4.69, 9.17) is 33.7 Å². The van der Waals surface area contributed by atoms with Crippen LogP contribution in [0.5, 0.6) is 5.75 Å². The first-order valence-electron chi connectivity index (χ1n) is 5.76. The smallest absolute Gasteiger partial charge is 0.191 e. The third kappa shape index (κ3) is 3.39. The molecule has 0 aliphatic carbocycles. The Morgan fingerprint density at radius 1 is 1.05 bits per heavy atom. The van der Waals surface area contributed by atoms with Crippen LogP contribution >= 0.6 is 23.2 Å². The highest BCUT2D eigenvalue weighted by Crippen LogP contribution is 2.26. The van der Waals surface area contributed by atoms with Crippen molar-refractivity contribution in [3.63, 3.8) is 0 Å². The Balaban J connectivity index is 2.19. The number of hydrogen-bond acceptors (Lipinski definition) is 2. The van der Waals surface area contributed by atoms with E-state index in [1.165, 1.54) is 6.07 Å². The molecule has 6 heteroatoms. The topological polar surface area (TPSA) is 35.2 Å². The number of rotatable bonds is 4. The van der Waals surface area contributed by atoms with Crippen molar-refractivity contribution in [3.05, 3.63) is 63.1 Å². The van der Waals surface area contributed by atoms with E-state index in [-0.39, 0.29) is 13.2 Å². The molecule has 0 aliphatic heterocycles. The molecular formula is C14H11Cl2F2NO. The zero-order valence-electron chi connectivity index (χ0n) is 10.3. The largest absolute Gasteiger partial charge is 0.483 e. The molecule has 0 atom stereocenters. The van der Waals surface area contributed by atoms with Crippen molar-refractivity contribution >= 4 is 23.2 Å². The summed E-state index contributed by atoms with van der Waals surface area (Å²) in [5, 5.41) is 0.848. The summed E-state index contributed by atoms with van der Waals surface area (Å²) in [4.78, 5) is 0. The van der Waals surface area contributed by atoms with Crippen molar-refractivity contribution in [1.82, 2.24) is 0 Å². The van der Waals surface area contributed by atoms with E-state index in [2.05, 4.69) is 0 Å². The molecule has 106 valence electrons. The standard InChI is InChI=1S/C14H11Cl2F2NO/c15-10-2-1-9(11(16)5-10)7-20-14-12(17)3-8(6-19)4-13(14)18/h1-5H,6-7,19H2. The summed E-state index contributed by atoms with van der Waals surface area (Å²) in [5.41, 5.74) is 6.27. The third-order valence-electron chi connectivity index (χ3n) is 2.68. The van der Waals surface area contributed by atoms with Gasteiger partial charge in [-0.15, -0.1) is 0 Å². The molecule has 20 heavy (non-hydrogen) atoms. The van der Waals surface area contributed by atoms with E-state index in [9.17, 15) is 8.78 Å². The van der Waals surface area contributed by atoms with E-state index in [1.54, 1.807) is 12.1 Å². The van der Waals surface area contributed by atoms with E-state index in [0.29, 0.717) is 21.2 Å². The third-order valence-corrected chi connectivity index (χ3v) is 3.27. The second kappa shape index (κ2) is 6.39. The van der Waals surface area contributed by atoms with Crippen LogP contribution in [0.25, 0.3) is 0 Å². The quantitative estimate of drug-likeness (QED) is 0.912. The van der Waals surface area contributed by atoms with E-state index in [1.807, 2.05) is 0 Å². The number of ether oxygens (including phenoxy) is 1. The lowest BCUT2D eigenvalue weighted by molar-refractivity contribution is 0.274. The lowest BCUT2D eigenvalue weighted by atomic mass is 10.2. The molecule has 0 aromatic heterocycles. The van der Waals surface area contributed by atoms with Gasteiger partial charge in [-0.05, 0) is 29.8 Å². The van der Waals surface area contributed by atoms with Crippen LogP contribution in [-0.4, -0.2) is 0 Å². The van der Waals surface area contributed by atoms with Crippen LogP contribution < -0.4 is 10.5 Å². The molecule has 0 saturated carbocycles. The minimum atomic E-state index is -0.796. The molecule has 0 aliphatic rings. The summed E-state index contributed by atoms with van der Waals surface area (Å²) < 4.78 is 32.5. The molecule has 0 spiro atoms. The Kier molecular flexibility index (Phi) is 4.81. The van der Waals surface area contributed by atoms with Crippen LogP contribution in [0.4, 0.5) is 8.78 Å². The Labute approximate surface area is 125 Å². The maximum absolute atomic E-state index is 13.7. The van der Waals surface area contributed by atoms with E-state index >= 15 is 0 Å². The maximum atomic E-state index is 13.7. The first kappa shape index (κ1) is 15.0. The highest BCUT2D eigenvalue weighted by Gasteiger charge is 2.13. The van der Waals surface area contributed by atoms with Crippen molar-refractivity contribution in [3.8, 4) is 5.75 Å². The number of halogens is 4. The number of nitrogens with two attached hydrogens (primary N) is 1. The first-order chi connectivity index (χ1) is 9.51. The molecule has 0 saturated heterocycles. The van der Waals surface area contributed by atoms with Crippen molar-refractivity contribution in [1.29, 1.82) is 0 Å². The van der Waals surface area contributed by atoms with Gasteiger partial charge in [0.1, 0.15) is 6.61 Å². The Hall–Kier alpha value is -1.36. The maximum Gasteiger partial charge on any atom is 0.191 e. The molecule has 0 heterocycles. The molecule has 2 nitrogen and oxygen atoms in total. The average molecular weight is 318 g/mol. The van der Waals surface area contributed by atoms with Gasteiger partial charge in [0, 0.05) is 22.2 Å². The SMILES string of the molecule is NCc1cc(F)c(OCc2ccc(Cl)cc2Cl)c(F)c1. The summed E-state index contributed by atoms with van der Waals surface area (Å²) in [7, 11) is 0. The predicted molar refractivity (Wildman–Crippen MR) is 75.0 cm³/mol. The predicted octanol–water partition coefficient (Wildman–Crippen LogP) is 4.31. The van der Waals surface area contributed by atoms with Gasteiger partial charge in [-0.1, -0.05) is 29.3 Å². The fraction of sp³-hybridized carbons (Fsp3) is 0.143. The number of benzene rings is 2. The molecule has 2 aromatic rings. The summed E-state index contributed by atoms with van der Waals surface area (Å²) in [5.74, 6) is -2.04. The summed E-state index contributed by atoms with van der Waals surface area (Å²) in [6.07, 6.45) is 0. The molecule has 2 aromatic carbocycles. The zero-order chi connectivity index (χ0) is 14.7. The zero-order valence-corrected chi connectivity index (χ0v) is 11.8. The van der Waals surface area contributed by atoms with Crippen LogP contribution in [0.1, 0.15) is 11.1 Å². The highest BCUT2D eigenvalue weighted by atomic mass is 35.5. The fourth-order valence-electron chi connectivity index (χ4n) is 1.66. The second-order valence-electron chi connectivity index (χ2n) is 4.12. The Bertz CT molecular complexity index is 612. The average Bonchev–Trinajstić information content (AvgIpc) is 2.39. The van der Waals surface area contributed by atoms with Crippen molar-refractivity contribution in [2.45, 2.75) is 13.2 Å². The molecule has 2 N–H and O–H groups in total. The lowest BCUT2D eigenvalue weighted by Gasteiger charge is -2.11. The van der Waals surface area contributed by atoms with Gasteiger partial charge in [0.25, 0.3) is 0 Å². The summed E-state index contributed by atoms with van der Waals surface area (Å²) in [6, 6.07) is 7.07. The highest BCUT2D eigenvalue weighted by molar-refractivity contribution is 6.35. The molecule has 0 fully saturated rings. The van der Waals surface area contributed by atoms with Gasteiger partial charge in [-0.25, -0.2) is 8.78 Å². The van der Waals surface area contributed by atoms with E-state index < -0.39 is 17.4 Å². The second-order valence-corrected chi connectivity index (χ2v) is 4.96. The van der Waals surface area contributed by atoms with Gasteiger partial charge < -0.3 is 10.5 Å². The fourth-order valence-corrected chi connectivity index (χ4v) is 2.12. The lowest BCUT2D eigenvalue weighted by Crippen LogP contribution is -2.03. The van der Waals surface area contributed by atoms with Crippen LogP contribution in [0.3, 0.4) is 0 Å². The van der Waals surface area contributed by atoms with Gasteiger partial charge in [0.15, 0.2) is 17.4 Å². The van der Waals surface area contributed by atoms with Crippen LogP contribution in [-0.2, 0) is 13.2 Å². The van der Waals surface area contributed by atoms with Crippen LogP contribution in [0, 0.1) is 11.6 Å². The summed E-state index contributed by atoms with van der Waals surface area (Å²) >= 11 is 11.7. The van der Waals surface area contributed by atoms with Gasteiger partial charge in [0.2, 0.25) is 0 Å². The molecule has 2 rings (SSSR count). The molecular weight excluding hydrogens is 307 g/mol. The molecule has 0 amide bonds. The molecule has 0 unspecified atom stereocenters. The first-order valence-corrected chi connectivity index (χ1v) is 6.51. The minimum Gasteiger partial charge on any atom is -0.483 e. The normalized spacial score (nSPS) is 10.7. The Morgan fingerprint density at radius 2 is 1.70 bits per heavy atom. The van der Waals surface area contributed by atoms with Gasteiger partial charge in [-0.2, -0.15) is 0 Å². The van der Waals surface area contributed by atoms with Crippen LogP contribution in [0.2, 0.25) is 10.0 Å². The molecule has 0 bridgehead atoms. The van der Waals surface area contributed by atoms with Gasteiger partial charge in [-0.3, -0.25) is 0 Å². The van der Waals surface area contributed by atoms with Gasteiger partial charge in [0.05, 0.1) is 0 Å². The van der Waals surface area contributed by atoms with Crippen molar-refractivity contribution in [2.75, 3.05) is 0 Å². The molecule has 0 radical (unpaired) electrons. The summed E-state index contributed by atoms with van der Waals surface area (Å²) in [6.45, 7) is -0.0110. The monoisotopic (exact) mass is 317 g/mol. The van der Waals surface area contributed by atoms with Crippen molar-refractivity contribution in [2.24, 2.45) is 5.73 Å². The van der Waals surface area contributed by atoms with Crippen LogP contribution in [0.15, 0.2) is 30.3 Å². The Morgan fingerprint density at radius 3 is 2.25 bits per heavy atom. The van der Waals surface area contributed by atoms with E-state index in [0.717, 1.165) is 12.1 Å². The minimum absolute atomic E-state index is 0.0527.